The zero-order valence-electron chi connectivity index (χ0n) is 13.9. The molecule has 0 amide bonds. The van der Waals surface area contributed by atoms with Gasteiger partial charge in [0.1, 0.15) is 11.3 Å². The average Bonchev–Trinajstić information content (AvgIpc) is 2.65. The Hall–Kier alpha value is -3.08. The predicted molar refractivity (Wildman–Crippen MR) is 94.8 cm³/mol. The second kappa shape index (κ2) is 7.66. The van der Waals surface area contributed by atoms with Crippen molar-refractivity contribution in [1.29, 1.82) is 0 Å². The molecule has 0 N–H and O–H groups in total. The fraction of sp³-hybridized carbons (Fsp3) is 0.200. The standard InChI is InChI=1S/C20H18O5/c1-23-17-8-6-15(7-9-17)18-12-16-5-4-14(3-2-10-24-13-21)11-19(16)25-20(18)22/h4-9,11-13H,2-3,10H2,1H3. The second-order valence-corrected chi connectivity index (χ2v) is 5.62. The Bertz CT molecular complexity index is 925. The van der Waals surface area contributed by atoms with Crippen LogP contribution in [0.1, 0.15) is 12.0 Å². The largest absolute Gasteiger partial charge is 0.497 e. The van der Waals surface area contributed by atoms with Crippen molar-refractivity contribution in [2.45, 2.75) is 12.8 Å². The quantitative estimate of drug-likeness (QED) is 0.374. The third-order valence-corrected chi connectivity index (χ3v) is 4.00. The van der Waals surface area contributed by atoms with E-state index in [4.69, 9.17) is 9.15 Å². The van der Waals surface area contributed by atoms with Crippen molar-refractivity contribution in [2.75, 3.05) is 13.7 Å². The molecule has 1 aromatic heterocycles. The van der Waals surface area contributed by atoms with E-state index in [2.05, 4.69) is 4.74 Å². The van der Waals surface area contributed by atoms with E-state index >= 15 is 0 Å². The molecule has 1 heterocycles. The van der Waals surface area contributed by atoms with Gasteiger partial charge in [0.05, 0.1) is 19.3 Å². The van der Waals surface area contributed by atoms with E-state index in [-0.39, 0.29) is 5.63 Å². The van der Waals surface area contributed by atoms with Gasteiger partial charge in [-0.15, -0.1) is 0 Å². The van der Waals surface area contributed by atoms with E-state index in [9.17, 15) is 9.59 Å². The minimum Gasteiger partial charge on any atom is -0.497 e. The van der Waals surface area contributed by atoms with Crippen LogP contribution in [0.15, 0.2) is 57.7 Å². The monoisotopic (exact) mass is 338 g/mol. The molecule has 2 aromatic carbocycles. The van der Waals surface area contributed by atoms with Gasteiger partial charge in [0.15, 0.2) is 0 Å². The number of ether oxygens (including phenoxy) is 2. The van der Waals surface area contributed by atoms with Crippen molar-refractivity contribution in [1.82, 2.24) is 0 Å². The number of fused-ring (bicyclic) bond motifs is 1. The molecular formula is C20H18O5. The maximum atomic E-state index is 12.3. The molecule has 0 radical (unpaired) electrons. The van der Waals surface area contributed by atoms with E-state index in [1.807, 2.05) is 48.5 Å². The van der Waals surface area contributed by atoms with Gasteiger partial charge in [0.2, 0.25) is 0 Å². The maximum Gasteiger partial charge on any atom is 0.344 e. The number of methoxy groups -OCH3 is 1. The van der Waals surface area contributed by atoms with Crippen LogP contribution in [-0.2, 0) is 16.0 Å². The highest BCUT2D eigenvalue weighted by Gasteiger charge is 2.09. The number of carbonyl (C=O) groups is 1. The van der Waals surface area contributed by atoms with Gasteiger partial charge in [-0.3, -0.25) is 4.79 Å². The minimum absolute atomic E-state index is 0.376. The third-order valence-electron chi connectivity index (χ3n) is 4.00. The van der Waals surface area contributed by atoms with Crippen LogP contribution >= 0.6 is 0 Å². The van der Waals surface area contributed by atoms with Crippen LogP contribution in [0.4, 0.5) is 0 Å². The van der Waals surface area contributed by atoms with Crippen molar-refractivity contribution in [3.05, 3.63) is 64.5 Å². The molecule has 0 aliphatic heterocycles. The minimum atomic E-state index is -0.376. The molecule has 3 aromatic rings. The highest BCUT2D eigenvalue weighted by atomic mass is 16.5. The van der Waals surface area contributed by atoms with Gasteiger partial charge in [0, 0.05) is 5.39 Å². The van der Waals surface area contributed by atoms with Gasteiger partial charge in [-0.1, -0.05) is 24.3 Å². The summed E-state index contributed by atoms with van der Waals surface area (Å²) in [7, 11) is 1.60. The fourth-order valence-corrected chi connectivity index (χ4v) is 2.69. The van der Waals surface area contributed by atoms with Gasteiger partial charge in [-0.2, -0.15) is 0 Å². The molecule has 0 aliphatic rings. The third kappa shape index (κ3) is 3.88. The molecule has 5 heteroatoms. The molecule has 0 spiro atoms. The number of aryl methyl sites for hydroxylation is 1. The van der Waals surface area contributed by atoms with Gasteiger partial charge in [0.25, 0.3) is 6.47 Å². The van der Waals surface area contributed by atoms with E-state index < -0.39 is 0 Å². The van der Waals surface area contributed by atoms with E-state index in [1.54, 1.807) is 7.11 Å². The van der Waals surface area contributed by atoms with Crippen LogP contribution in [0.2, 0.25) is 0 Å². The number of carbonyl (C=O) groups excluding carboxylic acids is 1. The van der Waals surface area contributed by atoms with Gasteiger partial charge in [-0.05, 0) is 48.2 Å². The Balaban J connectivity index is 1.88. The van der Waals surface area contributed by atoms with Gasteiger partial charge >= 0.3 is 5.63 Å². The first-order chi connectivity index (χ1) is 12.2. The number of hydrogen-bond donors (Lipinski definition) is 0. The zero-order valence-corrected chi connectivity index (χ0v) is 13.9. The Kier molecular flexibility index (Phi) is 5.14. The lowest BCUT2D eigenvalue weighted by molar-refractivity contribution is -0.128. The van der Waals surface area contributed by atoms with Crippen molar-refractivity contribution in [2.24, 2.45) is 0 Å². The Morgan fingerprint density at radius 1 is 1.08 bits per heavy atom. The summed E-state index contributed by atoms with van der Waals surface area (Å²) in [4.78, 5) is 22.5. The van der Waals surface area contributed by atoms with Gasteiger partial charge in [-0.25, -0.2) is 4.79 Å². The lowest BCUT2D eigenvalue weighted by atomic mass is 10.0. The summed E-state index contributed by atoms with van der Waals surface area (Å²) in [5, 5.41) is 0.860. The number of rotatable bonds is 7. The maximum absolute atomic E-state index is 12.3. The molecule has 25 heavy (non-hydrogen) atoms. The second-order valence-electron chi connectivity index (χ2n) is 5.62. The molecule has 0 unspecified atom stereocenters. The van der Waals surface area contributed by atoms with Crippen molar-refractivity contribution in [3.63, 3.8) is 0 Å². The Morgan fingerprint density at radius 2 is 1.88 bits per heavy atom. The lowest BCUT2D eigenvalue weighted by Crippen LogP contribution is -2.03. The highest BCUT2D eigenvalue weighted by Crippen LogP contribution is 2.24. The van der Waals surface area contributed by atoms with Crippen LogP contribution in [0.5, 0.6) is 5.75 Å². The van der Waals surface area contributed by atoms with E-state index in [0.717, 1.165) is 35.1 Å². The first-order valence-electron chi connectivity index (χ1n) is 7.98. The molecule has 3 rings (SSSR count). The molecule has 128 valence electrons. The normalized spacial score (nSPS) is 10.6. The van der Waals surface area contributed by atoms with Crippen LogP contribution in [-0.4, -0.2) is 20.2 Å². The molecule has 0 aliphatic carbocycles. The summed E-state index contributed by atoms with van der Waals surface area (Å²) in [6.45, 7) is 0.821. The molecule has 0 atom stereocenters. The Labute approximate surface area is 144 Å². The molecule has 5 nitrogen and oxygen atoms in total. The summed E-state index contributed by atoms with van der Waals surface area (Å²) in [6.07, 6.45) is 1.46. The lowest BCUT2D eigenvalue weighted by Gasteiger charge is -2.06. The fourth-order valence-electron chi connectivity index (χ4n) is 2.69. The number of benzene rings is 2. The Morgan fingerprint density at radius 3 is 2.60 bits per heavy atom. The molecule has 0 bridgehead atoms. The van der Waals surface area contributed by atoms with Crippen molar-refractivity contribution >= 4 is 17.4 Å². The zero-order chi connectivity index (χ0) is 17.6. The topological polar surface area (TPSA) is 65.7 Å². The highest BCUT2D eigenvalue weighted by molar-refractivity contribution is 5.82. The molecule has 0 fully saturated rings. The predicted octanol–water partition coefficient (Wildman–Crippen LogP) is 3.57. The summed E-state index contributed by atoms with van der Waals surface area (Å²) < 4.78 is 15.3. The summed E-state index contributed by atoms with van der Waals surface area (Å²) >= 11 is 0. The van der Waals surface area contributed by atoms with Crippen molar-refractivity contribution in [3.8, 4) is 16.9 Å². The number of hydrogen-bond acceptors (Lipinski definition) is 5. The molecule has 0 saturated heterocycles. The summed E-state index contributed by atoms with van der Waals surface area (Å²) in [6, 6.07) is 14.9. The van der Waals surface area contributed by atoms with Gasteiger partial charge < -0.3 is 13.9 Å². The smallest absolute Gasteiger partial charge is 0.344 e. The van der Waals surface area contributed by atoms with Crippen LogP contribution in [0, 0.1) is 0 Å². The first kappa shape index (κ1) is 16.8. The average molecular weight is 338 g/mol. The van der Waals surface area contributed by atoms with Crippen LogP contribution < -0.4 is 10.4 Å². The SMILES string of the molecule is COc1ccc(-c2cc3ccc(CCCOC=O)cc3oc2=O)cc1. The summed E-state index contributed by atoms with van der Waals surface area (Å²) in [5.41, 5.74) is 2.51. The first-order valence-corrected chi connectivity index (χ1v) is 7.98. The molecule has 0 saturated carbocycles. The van der Waals surface area contributed by atoms with E-state index in [0.29, 0.717) is 24.2 Å². The van der Waals surface area contributed by atoms with E-state index in [1.165, 1.54) is 0 Å². The van der Waals surface area contributed by atoms with Crippen LogP contribution in [0.3, 0.4) is 0 Å². The summed E-state index contributed by atoms with van der Waals surface area (Å²) in [5.74, 6) is 0.733. The van der Waals surface area contributed by atoms with Crippen LogP contribution in [0.25, 0.3) is 22.1 Å². The van der Waals surface area contributed by atoms with Crippen molar-refractivity contribution < 1.29 is 18.7 Å². The molecular weight excluding hydrogens is 320 g/mol.